The third kappa shape index (κ3) is 4.60. The summed E-state index contributed by atoms with van der Waals surface area (Å²) in [6.07, 6.45) is 2.67. The van der Waals surface area contributed by atoms with Crippen molar-refractivity contribution < 1.29 is 19.1 Å². The molecule has 7 nitrogen and oxygen atoms in total. The summed E-state index contributed by atoms with van der Waals surface area (Å²) in [5, 5.41) is 10.4. The minimum atomic E-state index is -1.22. The van der Waals surface area contributed by atoms with E-state index in [9.17, 15) is 14.9 Å². The van der Waals surface area contributed by atoms with Crippen LogP contribution in [0, 0.1) is 16.7 Å². The summed E-state index contributed by atoms with van der Waals surface area (Å²) in [5.41, 5.74) is -2.32. The van der Waals surface area contributed by atoms with E-state index in [1.807, 2.05) is 20.8 Å². The molecule has 0 atom stereocenters. The molecule has 0 radical (unpaired) electrons. The lowest BCUT2D eigenvalue weighted by molar-refractivity contribution is -0.166. The highest BCUT2D eigenvalue weighted by Crippen LogP contribution is 2.56. The maximum Gasteiger partial charge on any atom is 0.416 e. The lowest BCUT2D eigenvalue weighted by Crippen LogP contribution is -2.46. The van der Waals surface area contributed by atoms with Gasteiger partial charge in [-0.05, 0) is 83.2 Å². The number of rotatable bonds is 1. The molecule has 1 aromatic rings. The van der Waals surface area contributed by atoms with E-state index in [1.165, 1.54) is 4.90 Å². The minimum Gasteiger partial charge on any atom is -0.459 e. The average molecular weight is 527 g/mol. The van der Waals surface area contributed by atoms with Crippen LogP contribution in [0.4, 0.5) is 10.6 Å². The third-order valence-electron chi connectivity index (χ3n) is 5.88. The molecule has 1 aromatic heterocycles. The molecule has 174 valence electrons. The Hall–Kier alpha value is -1.85. The molecule has 0 unspecified atom stereocenters. The van der Waals surface area contributed by atoms with Gasteiger partial charge in [0.2, 0.25) is 0 Å². The molecule has 32 heavy (non-hydrogen) atoms. The molecule has 1 aliphatic heterocycles. The Morgan fingerprint density at radius 2 is 1.69 bits per heavy atom. The molecule has 1 spiro atoms. The maximum absolute atomic E-state index is 13.0. The lowest BCUT2D eigenvalue weighted by atomic mass is 9.62. The number of amides is 1. The second kappa shape index (κ2) is 8.18. The van der Waals surface area contributed by atoms with Gasteiger partial charge < -0.3 is 9.47 Å². The van der Waals surface area contributed by atoms with E-state index in [4.69, 9.17) is 21.1 Å². The van der Waals surface area contributed by atoms with E-state index in [-0.39, 0.29) is 0 Å². The zero-order chi connectivity index (χ0) is 24.1. The fraction of sp³-hybridized carbons (Fsp3) is 0.652. The largest absolute Gasteiger partial charge is 0.459 e. The predicted molar refractivity (Wildman–Crippen MR) is 125 cm³/mol. The fourth-order valence-corrected chi connectivity index (χ4v) is 4.99. The number of carbonyl (C=O) groups is 2. The first-order valence-electron chi connectivity index (χ1n) is 10.6. The highest BCUT2D eigenvalue weighted by atomic mass is 79.9. The highest BCUT2D eigenvalue weighted by Gasteiger charge is 2.55. The van der Waals surface area contributed by atoms with E-state index in [2.05, 4.69) is 27.0 Å². The van der Waals surface area contributed by atoms with Crippen LogP contribution in [0.2, 0.25) is 5.02 Å². The smallest absolute Gasteiger partial charge is 0.416 e. The summed E-state index contributed by atoms with van der Waals surface area (Å²) in [4.78, 5) is 31.9. The van der Waals surface area contributed by atoms with Crippen LogP contribution in [0.3, 0.4) is 0 Å². The Labute approximate surface area is 202 Å². The topological polar surface area (TPSA) is 92.5 Å². The van der Waals surface area contributed by atoms with Crippen LogP contribution in [0.5, 0.6) is 0 Å². The first-order valence-corrected chi connectivity index (χ1v) is 11.8. The van der Waals surface area contributed by atoms with Crippen LogP contribution in [-0.4, -0.2) is 34.8 Å². The lowest BCUT2D eigenvalue weighted by Gasteiger charge is -2.41. The highest BCUT2D eigenvalue weighted by molar-refractivity contribution is 9.10. The number of halogens is 2. The van der Waals surface area contributed by atoms with Crippen molar-refractivity contribution >= 4 is 45.4 Å². The van der Waals surface area contributed by atoms with Gasteiger partial charge in [0.1, 0.15) is 17.0 Å². The summed E-state index contributed by atoms with van der Waals surface area (Å²) >= 11 is 10.1. The molecule has 0 N–H and O–H groups in total. The summed E-state index contributed by atoms with van der Waals surface area (Å²) in [6, 6.07) is 2.22. The summed E-state index contributed by atoms with van der Waals surface area (Å²) < 4.78 is 11.8. The Balaban J connectivity index is 1.96. The van der Waals surface area contributed by atoms with Crippen molar-refractivity contribution in [2.45, 2.75) is 83.8 Å². The number of pyridine rings is 1. The van der Waals surface area contributed by atoms with E-state index in [1.54, 1.807) is 27.0 Å². The van der Waals surface area contributed by atoms with Crippen molar-refractivity contribution in [3.63, 3.8) is 0 Å². The second-order valence-electron chi connectivity index (χ2n) is 10.7. The number of fused-ring (bicyclic) bond motifs is 2. The van der Waals surface area contributed by atoms with Crippen molar-refractivity contribution in [3.8, 4) is 6.07 Å². The first kappa shape index (κ1) is 24.8. The molecular formula is C23H29BrClN3O4. The van der Waals surface area contributed by atoms with Crippen LogP contribution >= 0.6 is 27.5 Å². The molecule has 1 amide bonds. The number of nitriles is 1. The molecule has 0 saturated heterocycles. The van der Waals surface area contributed by atoms with Crippen molar-refractivity contribution in [2.75, 3.05) is 11.4 Å². The van der Waals surface area contributed by atoms with Gasteiger partial charge in [-0.15, -0.1) is 0 Å². The van der Waals surface area contributed by atoms with Crippen LogP contribution in [0.1, 0.15) is 72.8 Å². The van der Waals surface area contributed by atoms with Crippen LogP contribution < -0.4 is 4.90 Å². The molecule has 0 bridgehead atoms. The molecule has 1 aliphatic carbocycles. The van der Waals surface area contributed by atoms with Crippen LogP contribution in [0.25, 0.3) is 0 Å². The van der Waals surface area contributed by atoms with Crippen molar-refractivity contribution in [1.82, 2.24) is 4.98 Å². The Morgan fingerprint density at radius 3 is 2.19 bits per heavy atom. The van der Waals surface area contributed by atoms with Gasteiger partial charge in [0, 0.05) is 23.7 Å². The van der Waals surface area contributed by atoms with Gasteiger partial charge in [-0.1, -0.05) is 11.6 Å². The number of esters is 1. The molecule has 0 aromatic carbocycles. The SMILES string of the molecule is CC(C)(C)OC(=O)N1CC2(CCC(C#N)(C(=O)OC(C)(C)C)CC2)c2c1ncc(Br)c2Cl. The molecule has 2 aliphatic rings. The van der Waals surface area contributed by atoms with Gasteiger partial charge >= 0.3 is 12.1 Å². The molecule has 3 rings (SSSR count). The van der Waals surface area contributed by atoms with E-state index < -0.39 is 34.1 Å². The molecule has 1 fully saturated rings. The van der Waals surface area contributed by atoms with E-state index >= 15 is 0 Å². The molecule has 1 saturated carbocycles. The molecule has 9 heteroatoms. The monoisotopic (exact) mass is 525 g/mol. The number of anilines is 1. The number of nitrogens with zero attached hydrogens (tertiary/aromatic N) is 3. The first-order chi connectivity index (χ1) is 14.6. The maximum atomic E-state index is 13.0. The van der Waals surface area contributed by atoms with Crippen molar-refractivity contribution in [3.05, 3.63) is 21.3 Å². The predicted octanol–water partition coefficient (Wildman–Crippen LogP) is 5.92. The quantitative estimate of drug-likeness (QED) is 0.422. The van der Waals surface area contributed by atoms with Crippen LogP contribution in [0.15, 0.2) is 10.7 Å². The zero-order valence-corrected chi connectivity index (χ0v) is 21.7. The average Bonchev–Trinajstić information content (AvgIpc) is 2.98. The van der Waals surface area contributed by atoms with Gasteiger partial charge in [-0.25, -0.2) is 9.78 Å². The van der Waals surface area contributed by atoms with E-state index in [0.717, 1.165) is 5.56 Å². The van der Waals surface area contributed by atoms with Crippen LogP contribution in [-0.2, 0) is 19.7 Å². The van der Waals surface area contributed by atoms with Gasteiger partial charge in [-0.2, -0.15) is 5.26 Å². The summed E-state index contributed by atoms with van der Waals surface area (Å²) in [5.74, 6) is -0.0304. The third-order valence-corrected chi connectivity index (χ3v) is 7.10. The summed E-state index contributed by atoms with van der Waals surface area (Å²) in [6.45, 7) is 11.1. The Morgan fingerprint density at radius 1 is 1.12 bits per heavy atom. The van der Waals surface area contributed by atoms with Gasteiger partial charge in [0.15, 0.2) is 5.41 Å². The number of aromatic nitrogens is 1. The fourth-order valence-electron chi connectivity index (χ4n) is 4.36. The Bertz CT molecular complexity index is 983. The van der Waals surface area contributed by atoms with Gasteiger partial charge in [0.05, 0.1) is 15.6 Å². The van der Waals surface area contributed by atoms with Gasteiger partial charge in [0.25, 0.3) is 0 Å². The van der Waals surface area contributed by atoms with Crippen molar-refractivity contribution in [2.24, 2.45) is 5.41 Å². The van der Waals surface area contributed by atoms with Gasteiger partial charge in [-0.3, -0.25) is 9.69 Å². The molecule has 2 heterocycles. The summed E-state index contributed by atoms with van der Waals surface area (Å²) in [7, 11) is 0. The zero-order valence-electron chi connectivity index (χ0n) is 19.3. The Kier molecular flexibility index (Phi) is 6.33. The number of hydrogen-bond acceptors (Lipinski definition) is 6. The molecular weight excluding hydrogens is 498 g/mol. The normalized spacial score (nSPS) is 25.3. The second-order valence-corrected chi connectivity index (χ2v) is 11.9. The standard InChI is InChI=1S/C23H29BrClN3O4/c1-20(2,3)31-18(29)22(12-26)7-9-23(10-8-22)13-28(19(30)32-21(4,5)6)17-15(23)16(25)14(24)11-27-17/h11H,7-10,13H2,1-6H3. The number of ether oxygens (including phenoxy) is 2. The minimum absolute atomic E-state index is 0.308. The number of carbonyl (C=O) groups excluding carboxylic acids is 2. The van der Waals surface area contributed by atoms with Crippen molar-refractivity contribution in [1.29, 1.82) is 5.26 Å². The van der Waals surface area contributed by atoms with E-state index in [0.29, 0.717) is 47.5 Å². The number of hydrogen-bond donors (Lipinski definition) is 0.